The summed E-state index contributed by atoms with van der Waals surface area (Å²) >= 11 is 0. The first-order valence-electron chi connectivity index (χ1n) is 6.80. The molecule has 2 heterocycles. The lowest BCUT2D eigenvalue weighted by Crippen LogP contribution is -2.49. The van der Waals surface area contributed by atoms with Gasteiger partial charge < -0.3 is 10.6 Å². The van der Waals surface area contributed by atoms with Crippen LogP contribution in [0.3, 0.4) is 0 Å². The molecule has 1 aliphatic heterocycles. The van der Waals surface area contributed by atoms with Crippen molar-refractivity contribution in [2.45, 2.75) is 26.3 Å². The first-order valence-corrected chi connectivity index (χ1v) is 6.80. The number of anilines is 2. The van der Waals surface area contributed by atoms with Crippen LogP contribution in [0.5, 0.6) is 0 Å². The molecule has 5 heteroatoms. The lowest BCUT2D eigenvalue weighted by atomic mass is 10.2. The van der Waals surface area contributed by atoms with E-state index in [-0.39, 0.29) is 0 Å². The summed E-state index contributed by atoms with van der Waals surface area (Å²) in [6, 6.07) is 4.39. The van der Waals surface area contributed by atoms with E-state index in [0.29, 0.717) is 17.3 Å². The quantitative estimate of drug-likeness (QED) is 0.890. The van der Waals surface area contributed by atoms with Gasteiger partial charge in [0.25, 0.3) is 0 Å². The molecule has 1 aromatic rings. The van der Waals surface area contributed by atoms with Crippen molar-refractivity contribution in [3.05, 3.63) is 17.8 Å². The normalized spacial score (nSPS) is 18.1. The molecule has 0 radical (unpaired) electrons. The smallest absolute Gasteiger partial charge is 0.151 e. The standard InChI is InChI=1S/C14H21N5/c1-3-11(2)18-4-6-19(7-5-18)14-13(16)8-12(9-15)10-17-14/h8,10-11H,3-7,16H2,1-2H3. The molecule has 1 unspecified atom stereocenters. The van der Waals surface area contributed by atoms with Crippen LogP contribution in [0.2, 0.25) is 0 Å². The van der Waals surface area contributed by atoms with Crippen LogP contribution < -0.4 is 10.6 Å². The lowest BCUT2D eigenvalue weighted by molar-refractivity contribution is 0.192. The lowest BCUT2D eigenvalue weighted by Gasteiger charge is -2.38. The third-order valence-electron chi connectivity index (χ3n) is 3.85. The van der Waals surface area contributed by atoms with Gasteiger partial charge in [0.15, 0.2) is 5.82 Å². The van der Waals surface area contributed by atoms with Gasteiger partial charge in [-0.2, -0.15) is 5.26 Å². The molecule has 0 spiro atoms. The highest BCUT2D eigenvalue weighted by Crippen LogP contribution is 2.22. The zero-order valence-corrected chi connectivity index (χ0v) is 11.6. The maximum Gasteiger partial charge on any atom is 0.151 e. The topological polar surface area (TPSA) is 69.2 Å². The molecule has 2 rings (SSSR count). The van der Waals surface area contributed by atoms with Crippen LogP contribution in [0.1, 0.15) is 25.8 Å². The Labute approximate surface area is 114 Å². The fraction of sp³-hybridized carbons (Fsp3) is 0.571. The van der Waals surface area contributed by atoms with Crippen LogP contribution in [-0.4, -0.2) is 42.1 Å². The van der Waals surface area contributed by atoms with Gasteiger partial charge in [-0.05, 0) is 19.4 Å². The molecule has 1 aliphatic rings. The molecular weight excluding hydrogens is 238 g/mol. The summed E-state index contributed by atoms with van der Waals surface area (Å²) in [5.74, 6) is 0.808. The molecule has 2 N–H and O–H groups in total. The minimum Gasteiger partial charge on any atom is -0.396 e. The Kier molecular flexibility index (Phi) is 4.23. The van der Waals surface area contributed by atoms with Crippen molar-refractivity contribution in [2.75, 3.05) is 36.8 Å². The van der Waals surface area contributed by atoms with Gasteiger partial charge in [-0.25, -0.2) is 4.98 Å². The molecule has 0 bridgehead atoms. The Bertz CT molecular complexity index is 471. The van der Waals surface area contributed by atoms with E-state index in [2.05, 4.69) is 34.7 Å². The molecule has 0 aliphatic carbocycles. The Morgan fingerprint density at radius 3 is 2.63 bits per heavy atom. The number of hydrogen-bond acceptors (Lipinski definition) is 5. The van der Waals surface area contributed by atoms with E-state index in [1.807, 2.05) is 0 Å². The maximum absolute atomic E-state index is 8.82. The average Bonchev–Trinajstić information content (AvgIpc) is 2.46. The van der Waals surface area contributed by atoms with E-state index >= 15 is 0 Å². The van der Waals surface area contributed by atoms with Crippen molar-refractivity contribution in [2.24, 2.45) is 0 Å². The highest BCUT2D eigenvalue weighted by molar-refractivity contribution is 5.64. The number of pyridine rings is 1. The highest BCUT2D eigenvalue weighted by Gasteiger charge is 2.22. The molecule has 1 aromatic heterocycles. The fourth-order valence-electron chi connectivity index (χ4n) is 2.43. The molecule has 19 heavy (non-hydrogen) atoms. The van der Waals surface area contributed by atoms with Gasteiger partial charge in [-0.15, -0.1) is 0 Å². The minimum absolute atomic E-state index is 0.513. The van der Waals surface area contributed by atoms with E-state index in [9.17, 15) is 0 Å². The van der Waals surface area contributed by atoms with Crippen LogP contribution in [0.25, 0.3) is 0 Å². The fourth-order valence-corrected chi connectivity index (χ4v) is 2.43. The number of hydrogen-bond donors (Lipinski definition) is 1. The Balaban J connectivity index is 2.04. The molecule has 0 amide bonds. The zero-order valence-electron chi connectivity index (χ0n) is 11.6. The average molecular weight is 259 g/mol. The van der Waals surface area contributed by atoms with E-state index in [0.717, 1.165) is 32.0 Å². The van der Waals surface area contributed by atoms with Gasteiger partial charge in [0, 0.05) is 38.4 Å². The summed E-state index contributed by atoms with van der Waals surface area (Å²) in [7, 11) is 0. The van der Waals surface area contributed by atoms with Crippen molar-refractivity contribution in [3.8, 4) is 6.07 Å². The molecule has 1 fully saturated rings. The highest BCUT2D eigenvalue weighted by atomic mass is 15.3. The summed E-state index contributed by atoms with van der Waals surface area (Å²) in [5, 5.41) is 8.82. The van der Waals surface area contributed by atoms with Gasteiger partial charge in [-0.1, -0.05) is 6.92 Å². The van der Waals surface area contributed by atoms with Crippen molar-refractivity contribution in [1.29, 1.82) is 5.26 Å². The second kappa shape index (κ2) is 5.89. The van der Waals surface area contributed by atoms with Crippen molar-refractivity contribution >= 4 is 11.5 Å². The Morgan fingerprint density at radius 2 is 2.11 bits per heavy atom. The van der Waals surface area contributed by atoms with Gasteiger partial charge in [0.2, 0.25) is 0 Å². The zero-order chi connectivity index (χ0) is 13.8. The molecule has 5 nitrogen and oxygen atoms in total. The second-order valence-electron chi connectivity index (χ2n) is 5.03. The SMILES string of the molecule is CCC(C)N1CCN(c2ncc(C#N)cc2N)CC1. The molecular formula is C14H21N5. The number of nitrogens with two attached hydrogens (primary N) is 1. The Morgan fingerprint density at radius 1 is 1.42 bits per heavy atom. The largest absolute Gasteiger partial charge is 0.396 e. The van der Waals surface area contributed by atoms with Crippen LogP contribution in [0.4, 0.5) is 11.5 Å². The van der Waals surface area contributed by atoms with Crippen LogP contribution in [0.15, 0.2) is 12.3 Å². The number of rotatable bonds is 3. The molecule has 1 atom stereocenters. The summed E-state index contributed by atoms with van der Waals surface area (Å²) in [4.78, 5) is 9.02. The van der Waals surface area contributed by atoms with Crippen LogP contribution in [0, 0.1) is 11.3 Å². The summed E-state index contributed by atoms with van der Waals surface area (Å²) in [5.41, 5.74) is 7.09. The van der Waals surface area contributed by atoms with Crippen molar-refractivity contribution < 1.29 is 0 Å². The predicted octanol–water partition coefficient (Wildman–Crippen LogP) is 1.46. The minimum atomic E-state index is 0.513. The van der Waals surface area contributed by atoms with Crippen LogP contribution >= 0.6 is 0 Å². The third kappa shape index (κ3) is 2.96. The third-order valence-corrected chi connectivity index (χ3v) is 3.85. The number of nitrogen functional groups attached to an aromatic ring is 1. The number of nitrogens with zero attached hydrogens (tertiary/aromatic N) is 4. The molecule has 0 aromatic carbocycles. The number of piperazine rings is 1. The van der Waals surface area contributed by atoms with Gasteiger partial charge in [-0.3, -0.25) is 4.90 Å². The summed E-state index contributed by atoms with van der Waals surface area (Å²) < 4.78 is 0. The molecule has 102 valence electrons. The molecule has 0 saturated carbocycles. The van der Waals surface area contributed by atoms with E-state index in [1.54, 1.807) is 12.3 Å². The second-order valence-corrected chi connectivity index (χ2v) is 5.03. The van der Waals surface area contributed by atoms with Gasteiger partial charge >= 0.3 is 0 Å². The Hall–Kier alpha value is -1.80. The number of nitriles is 1. The first kappa shape index (κ1) is 13.6. The maximum atomic E-state index is 8.82. The van der Waals surface area contributed by atoms with Gasteiger partial charge in [0.1, 0.15) is 6.07 Å². The van der Waals surface area contributed by atoms with Gasteiger partial charge in [0.05, 0.1) is 11.3 Å². The summed E-state index contributed by atoms with van der Waals surface area (Å²) in [6.07, 6.45) is 2.77. The van der Waals surface area contributed by atoms with E-state index in [1.165, 1.54) is 6.42 Å². The monoisotopic (exact) mass is 259 g/mol. The van der Waals surface area contributed by atoms with E-state index in [4.69, 9.17) is 11.0 Å². The summed E-state index contributed by atoms with van der Waals surface area (Å²) in [6.45, 7) is 8.44. The number of aromatic nitrogens is 1. The van der Waals surface area contributed by atoms with Crippen molar-refractivity contribution in [3.63, 3.8) is 0 Å². The van der Waals surface area contributed by atoms with Crippen LogP contribution in [-0.2, 0) is 0 Å². The first-order chi connectivity index (χ1) is 9.15. The molecule has 1 saturated heterocycles. The van der Waals surface area contributed by atoms with Crippen molar-refractivity contribution in [1.82, 2.24) is 9.88 Å². The predicted molar refractivity (Wildman–Crippen MR) is 76.9 cm³/mol. The van der Waals surface area contributed by atoms with E-state index < -0.39 is 0 Å².